The van der Waals surface area contributed by atoms with Crippen molar-refractivity contribution in [1.82, 2.24) is 23.3 Å². The largest absolute Gasteiger partial charge is 0.314 e. The Labute approximate surface area is 315 Å². The van der Waals surface area contributed by atoms with E-state index in [1.807, 2.05) is 0 Å². The number of aromatic nitrogens is 5. The number of nitrogens with zero attached hydrogens (tertiary/aromatic N) is 5. The second kappa shape index (κ2) is 11.5. The van der Waals surface area contributed by atoms with Gasteiger partial charge in [-0.05, 0) is 53.6 Å². The number of benzene rings is 7. The molecule has 5 nitrogen and oxygen atoms in total. The van der Waals surface area contributed by atoms with Crippen molar-refractivity contribution in [3.63, 3.8) is 0 Å². The maximum absolute atomic E-state index is 5.44. The van der Waals surface area contributed by atoms with Crippen LogP contribution in [0.25, 0.3) is 105 Å². The molecule has 55 heavy (non-hydrogen) atoms. The molecule has 0 atom stereocenters. The fourth-order valence-electron chi connectivity index (χ4n) is 8.77. The molecule has 256 valence electrons. The third kappa shape index (κ3) is 4.41. The number of para-hydroxylation sites is 3. The molecule has 5 heteroatoms. The van der Waals surface area contributed by atoms with Gasteiger partial charge in [0.1, 0.15) is 11.6 Å². The predicted octanol–water partition coefficient (Wildman–Crippen LogP) is 12.5. The van der Waals surface area contributed by atoms with Crippen LogP contribution in [0.4, 0.5) is 0 Å². The summed E-state index contributed by atoms with van der Waals surface area (Å²) < 4.78 is 7.12. The third-order valence-electron chi connectivity index (χ3n) is 11.2. The second-order valence-electron chi connectivity index (χ2n) is 14.3. The van der Waals surface area contributed by atoms with Gasteiger partial charge < -0.3 is 4.40 Å². The van der Waals surface area contributed by atoms with Gasteiger partial charge in [-0.1, -0.05) is 140 Å². The van der Waals surface area contributed by atoms with Crippen molar-refractivity contribution < 1.29 is 0 Å². The van der Waals surface area contributed by atoms with Crippen LogP contribution in [-0.2, 0) is 0 Å². The van der Waals surface area contributed by atoms with Crippen molar-refractivity contribution in [2.45, 2.75) is 0 Å². The lowest BCUT2D eigenvalue weighted by atomic mass is 10.0. The first-order valence-electron chi connectivity index (χ1n) is 18.7. The van der Waals surface area contributed by atoms with Crippen molar-refractivity contribution >= 4 is 65.5 Å². The van der Waals surface area contributed by atoms with Gasteiger partial charge in [-0.2, -0.15) is 0 Å². The van der Waals surface area contributed by atoms with Crippen LogP contribution in [0.5, 0.6) is 0 Å². The Balaban J connectivity index is 1.30. The molecule has 12 aromatic rings. The van der Waals surface area contributed by atoms with E-state index in [9.17, 15) is 0 Å². The molecule has 0 bridgehead atoms. The first kappa shape index (κ1) is 30.0. The van der Waals surface area contributed by atoms with Crippen LogP contribution in [0.2, 0.25) is 0 Å². The molecule has 5 heterocycles. The Bertz CT molecular complexity index is 3410. The molecule has 0 radical (unpaired) electrons. The van der Waals surface area contributed by atoms with Gasteiger partial charge in [-0.15, -0.1) is 0 Å². The minimum atomic E-state index is 0.866. The second-order valence-corrected chi connectivity index (χ2v) is 14.3. The summed E-state index contributed by atoms with van der Waals surface area (Å²) in [5.74, 6) is 1.77. The molecule has 0 spiro atoms. The Hall–Kier alpha value is -7.50. The maximum Gasteiger partial charge on any atom is 0.145 e. The Kier molecular flexibility index (Phi) is 6.27. The van der Waals surface area contributed by atoms with Crippen molar-refractivity contribution in [2.24, 2.45) is 0 Å². The van der Waals surface area contributed by atoms with E-state index in [-0.39, 0.29) is 0 Å². The van der Waals surface area contributed by atoms with Gasteiger partial charge in [0.05, 0.1) is 44.3 Å². The summed E-state index contributed by atoms with van der Waals surface area (Å²) in [7, 11) is 0. The number of hydrogen-bond acceptors (Lipinski definition) is 2. The quantitative estimate of drug-likeness (QED) is 0.183. The number of rotatable bonds is 4. The Morgan fingerprint density at radius 2 is 1.05 bits per heavy atom. The third-order valence-corrected chi connectivity index (χ3v) is 11.2. The predicted molar refractivity (Wildman–Crippen MR) is 227 cm³/mol. The fraction of sp³-hybridized carbons (Fsp3) is 0. The van der Waals surface area contributed by atoms with Gasteiger partial charge in [0.25, 0.3) is 0 Å². The average molecular weight is 702 g/mol. The van der Waals surface area contributed by atoms with Gasteiger partial charge in [-0.3, -0.25) is 8.97 Å². The van der Waals surface area contributed by atoms with Crippen molar-refractivity contribution in [3.05, 3.63) is 188 Å². The van der Waals surface area contributed by atoms with Gasteiger partial charge in [0, 0.05) is 44.3 Å². The molecule has 0 aliphatic heterocycles. The molecule has 0 saturated carbocycles. The van der Waals surface area contributed by atoms with Crippen LogP contribution in [0.15, 0.2) is 188 Å². The van der Waals surface area contributed by atoms with Crippen LogP contribution in [0, 0.1) is 0 Å². The van der Waals surface area contributed by atoms with E-state index < -0.39 is 0 Å². The molecule has 0 amide bonds. The molecule has 0 aliphatic carbocycles. The zero-order valence-electron chi connectivity index (χ0n) is 29.6. The normalized spacial score (nSPS) is 12.0. The monoisotopic (exact) mass is 701 g/mol. The molecular formula is C50H31N5. The summed E-state index contributed by atoms with van der Waals surface area (Å²) >= 11 is 0. The maximum atomic E-state index is 5.44. The van der Waals surface area contributed by atoms with E-state index in [2.05, 4.69) is 202 Å². The van der Waals surface area contributed by atoms with Crippen LogP contribution < -0.4 is 0 Å². The summed E-state index contributed by atoms with van der Waals surface area (Å²) in [6.07, 6.45) is 2.22. The zero-order chi connectivity index (χ0) is 36.0. The highest BCUT2D eigenvalue weighted by Crippen LogP contribution is 2.40. The van der Waals surface area contributed by atoms with Gasteiger partial charge >= 0.3 is 0 Å². The molecule has 0 saturated heterocycles. The highest BCUT2D eigenvalue weighted by molar-refractivity contribution is 6.17. The van der Waals surface area contributed by atoms with E-state index in [0.29, 0.717) is 0 Å². The van der Waals surface area contributed by atoms with Gasteiger partial charge in [0.15, 0.2) is 0 Å². The van der Waals surface area contributed by atoms with E-state index in [1.165, 1.54) is 21.7 Å². The summed E-state index contributed by atoms with van der Waals surface area (Å²) in [6.45, 7) is 0. The molecule has 5 aromatic heterocycles. The highest BCUT2D eigenvalue weighted by atomic mass is 15.1. The number of fused-ring (bicyclic) bond motifs is 7. The van der Waals surface area contributed by atoms with Gasteiger partial charge in [0.2, 0.25) is 0 Å². The van der Waals surface area contributed by atoms with E-state index in [0.717, 1.165) is 83.5 Å². The lowest BCUT2D eigenvalue weighted by Gasteiger charge is -2.14. The molecular weight excluding hydrogens is 671 g/mol. The van der Waals surface area contributed by atoms with E-state index in [1.54, 1.807) is 0 Å². The fourth-order valence-corrected chi connectivity index (χ4v) is 8.77. The number of hydrogen-bond donors (Lipinski definition) is 0. The first-order chi connectivity index (χ1) is 27.3. The van der Waals surface area contributed by atoms with E-state index in [4.69, 9.17) is 9.97 Å². The van der Waals surface area contributed by atoms with Gasteiger partial charge in [-0.25, -0.2) is 9.97 Å². The summed E-state index contributed by atoms with van der Waals surface area (Å²) in [6, 6.07) is 64.9. The molecule has 7 aromatic carbocycles. The molecule has 12 rings (SSSR count). The van der Waals surface area contributed by atoms with Crippen molar-refractivity contribution in [3.8, 4) is 39.6 Å². The van der Waals surface area contributed by atoms with Crippen LogP contribution in [-0.4, -0.2) is 23.3 Å². The first-order valence-corrected chi connectivity index (χ1v) is 18.7. The summed E-state index contributed by atoms with van der Waals surface area (Å²) in [5, 5.41) is 5.89. The summed E-state index contributed by atoms with van der Waals surface area (Å²) in [5.41, 5.74) is 12.9. The van der Waals surface area contributed by atoms with Crippen molar-refractivity contribution in [1.29, 1.82) is 0 Å². The summed E-state index contributed by atoms with van der Waals surface area (Å²) in [4.78, 5) is 10.8. The standard InChI is InChI=1S/C50H31N5/c1-4-14-32(15-5-1)36-28-42(33-16-6-2-7-17-33)51-47(29-36)54-43-25-11-10-21-37(43)40-30-45-46(31-44(40)54)55-49-39(38-22-12-20-34-26-27-53(45)48(34)38)23-13-24-41(49)52-50(55)35-18-8-3-9-19-35/h1-31H. The Morgan fingerprint density at radius 3 is 1.85 bits per heavy atom. The lowest BCUT2D eigenvalue weighted by molar-refractivity contribution is 1.08. The Morgan fingerprint density at radius 1 is 0.382 bits per heavy atom. The minimum Gasteiger partial charge on any atom is -0.314 e. The molecule has 0 fully saturated rings. The van der Waals surface area contributed by atoms with E-state index >= 15 is 0 Å². The SMILES string of the molecule is c1ccc(-c2cc(-c3ccccc3)nc(-n3c4ccccc4c4cc5c(cc43)n3c(-c4ccccc4)nc4cccc(c6cccc7ccn5c76)c43)c2)cc1. The van der Waals surface area contributed by atoms with Crippen LogP contribution >= 0.6 is 0 Å². The van der Waals surface area contributed by atoms with Crippen LogP contribution in [0.3, 0.4) is 0 Å². The lowest BCUT2D eigenvalue weighted by Crippen LogP contribution is -2.01. The van der Waals surface area contributed by atoms with Crippen molar-refractivity contribution in [2.75, 3.05) is 0 Å². The highest BCUT2D eigenvalue weighted by Gasteiger charge is 2.21. The number of imidazole rings is 1. The molecule has 0 unspecified atom stereocenters. The minimum absolute atomic E-state index is 0.866. The average Bonchev–Trinajstić information content (AvgIpc) is 3.95. The topological polar surface area (TPSA) is 39.5 Å². The number of pyridine rings is 1. The zero-order valence-corrected chi connectivity index (χ0v) is 29.6. The van der Waals surface area contributed by atoms with Crippen LogP contribution in [0.1, 0.15) is 0 Å². The molecule has 0 aliphatic rings. The molecule has 0 N–H and O–H groups in total. The smallest absolute Gasteiger partial charge is 0.145 e.